The van der Waals surface area contributed by atoms with Gasteiger partial charge in [-0.3, -0.25) is 14.7 Å². The van der Waals surface area contributed by atoms with Crippen LogP contribution in [0.5, 0.6) is 0 Å². The first-order valence-electron chi connectivity index (χ1n) is 10.5. The van der Waals surface area contributed by atoms with Crippen molar-refractivity contribution >= 4 is 11.9 Å². The van der Waals surface area contributed by atoms with E-state index in [1.807, 2.05) is 11.9 Å². The zero-order valence-electron chi connectivity index (χ0n) is 17.9. The molecule has 2 heterocycles. The van der Waals surface area contributed by atoms with E-state index in [0.29, 0.717) is 5.91 Å². The molecule has 0 aliphatic carbocycles. The zero-order valence-corrected chi connectivity index (χ0v) is 17.9. The van der Waals surface area contributed by atoms with Crippen molar-refractivity contribution < 1.29 is 4.79 Å². The summed E-state index contributed by atoms with van der Waals surface area (Å²) in [7, 11) is 1.84. The maximum absolute atomic E-state index is 12.7. The van der Waals surface area contributed by atoms with Gasteiger partial charge in [0.15, 0.2) is 5.96 Å². The standard InChI is InChI=1S/C22H35N5O/c1-17-7-8-20(18(2)15-17)16-24-22(23-4)27-13-11-25(12-14-27)19(3)21(28)26-9-5-6-10-26/h7-8,15,19H,5-6,9-14,16H2,1-4H3,(H,23,24). The third-order valence-electron chi connectivity index (χ3n) is 6.08. The van der Waals surface area contributed by atoms with E-state index in [1.165, 1.54) is 16.7 Å². The first kappa shape index (κ1) is 20.6. The lowest BCUT2D eigenvalue weighted by Crippen LogP contribution is -2.57. The summed E-state index contributed by atoms with van der Waals surface area (Å²) in [5.41, 5.74) is 3.90. The van der Waals surface area contributed by atoms with E-state index >= 15 is 0 Å². The Bertz CT molecular complexity index is 703. The van der Waals surface area contributed by atoms with Gasteiger partial charge < -0.3 is 15.1 Å². The van der Waals surface area contributed by atoms with Crippen molar-refractivity contribution in [3.63, 3.8) is 0 Å². The predicted molar refractivity (Wildman–Crippen MR) is 115 cm³/mol. The van der Waals surface area contributed by atoms with Gasteiger partial charge in [-0.25, -0.2) is 0 Å². The van der Waals surface area contributed by atoms with Crippen LogP contribution in [-0.2, 0) is 11.3 Å². The fourth-order valence-corrected chi connectivity index (χ4v) is 4.23. The molecule has 0 aromatic heterocycles. The van der Waals surface area contributed by atoms with Gasteiger partial charge in [-0.1, -0.05) is 23.8 Å². The molecule has 1 aromatic rings. The lowest BCUT2D eigenvalue weighted by atomic mass is 10.1. The Morgan fingerprint density at radius 1 is 1.07 bits per heavy atom. The largest absolute Gasteiger partial charge is 0.352 e. The normalized spacial score (nSPS) is 19.8. The Hall–Kier alpha value is -2.08. The number of piperazine rings is 1. The average molecular weight is 386 g/mol. The highest BCUT2D eigenvalue weighted by atomic mass is 16.2. The molecule has 154 valence electrons. The molecule has 3 rings (SSSR count). The minimum absolute atomic E-state index is 0.0227. The second-order valence-corrected chi connectivity index (χ2v) is 8.06. The van der Waals surface area contributed by atoms with E-state index in [2.05, 4.69) is 59.1 Å². The average Bonchev–Trinajstić information content (AvgIpc) is 3.24. The van der Waals surface area contributed by atoms with E-state index in [1.54, 1.807) is 0 Å². The molecule has 28 heavy (non-hydrogen) atoms. The van der Waals surface area contributed by atoms with Crippen LogP contribution in [0.4, 0.5) is 0 Å². The van der Waals surface area contributed by atoms with Gasteiger partial charge in [0, 0.05) is 52.9 Å². The molecule has 2 aliphatic heterocycles. The number of carbonyl (C=O) groups excluding carboxylic acids is 1. The summed E-state index contributed by atoms with van der Waals surface area (Å²) in [6.45, 7) is 12.6. The molecular weight excluding hydrogens is 350 g/mol. The number of rotatable bonds is 4. The van der Waals surface area contributed by atoms with E-state index in [0.717, 1.165) is 64.6 Å². The smallest absolute Gasteiger partial charge is 0.239 e. The molecule has 0 saturated carbocycles. The second kappa shape index (κ2) is 9.41. The van der Waals surface area contributed by atoms with Crippen LogP contribution in [0.2, 0.25) is 0 Å². The lowest BCUT2D eigenvalue weighted by Gasteiger charge is -2.39. The van der Waals surface area contributed by atoms with E-state index < -0.39 is 0 Å². The van der Waals surface area contributed by atoms with Gasteiger partial charge in [-0.15, -0.1) is 0 Å². The molecule has 0 bridgehead atoms. The summed E-state index contributed by atoms with van der Waals surface area (Å²) in [6, 6.07) is 6.54. The number of hydrogen-bond donors (Lipinski definition) is 1. The van der Waals surface area contributed by atoms with Crippen molar-refractivity contribution in [2.24, 2.45) is 4.99 Å². The molecule has 1 amide bonds. The number of aliphatic imine (C=N–C) groups is 1. The number of nitrogens with zero attached hydrogens (tertiary/aromatic N) is 4. The first-order chi connectivity index (χ1) is 13.5. The number of aryl methyl sites for hydroxylation is 2. The van der Waals surface area contributed by atoms with Crippen molar-refractivity contribution in [1.82, 2.24) is 20.0 Å². The number of guanidine groups is 1. The number of benzene rings is 1. The van der Waals surface area contributed by atoms with Gasteiger partial charge in [0.25, 0.3) is 0 Å². The van der Waals surface area contributed by atoms with Crippen LogP contribution in [0.25, 0.3) is 0 Å². The molecule has 1 N–H and O–H groups in total. The summed E-state index contributed by atoms with van der Waals surface area (Å²) >= 11 is 0. The van der Waals surface area contributed by atoms with Crippen LogP contribution in [0, 0.1) is 13.8 Å². The molecule has 2 saturated heterocycles. The van der Waals surface area contributed by atoms with Gasteiger partial charge in [0.05, 0.1) is 6.04 Å². The third-order valence-corrected chi connectivity index (χ3v) is 6.08. The van der Waals surface area contributed by atoms with Crippen LogP contribution in [0.1, 0.15) is 36.5 Å². The minimum Gasteiger partial charge on any atom is -0.352 e. The predicted octanol–water partition coefficient (Wildman–Crippen LogP) is 2.01. The second-order valence-electron chi connectivity index (χ2n) is 8.06. The topological polar surface area (TPSA) is 51.2 Å². The minimum atomic E-state index is -0.0227. The molecular formula is C22H35N5O. The molecule has 0 radical (unpaired) electrons. The quantitative estimate of drug-likeness (QED) is 0.636. The molecule has 1 unspecified atom stereocenters. The van der Waals surface area contributed by atoms with Crippen LogP contribution in [0.3, 0.4) is 0 Å². The van der Waals surface area contributed by atoms with Crippen molar-refractivity contribution in [2.75, 3.05) is 46.3 Å². The summed E-state index contributed by atoms with van der Waals surface area (Å²) < 4.78 is 0. The number of nitrogens with one attached hydrogen (secondary N) is 1. The summed E-state index contributed by atoms with van der Waals surface area (Å²) in [4.78, 5) is 23.8. The Morgan fingerprint density at radius 3 is 2.36 bits per heavy atom. The van der Waals surface area contributed by atoms with Gasteiger partial charge in [-0.2, -0.15) is 0 Å². The Balaban J connectivity index is 1.50. The highest BCUT2D eigenvalue weighted by Gasteiger charge is 2.30. The van der Waals surface area contributed by atoms with Gasteiger partial charge in [0.1, 0.15) is 0 Å². The molecule has 6 nitrogen and oxygen atoms in total. The molecule has 0 spiro atoms. The van der Waals surface area contributed by atoms with Gasteiger partial charge in [-0.05, 0) is 44.7 Å². The SMILES string of the molecule is CN=C(NCc1ccc(C)cc1C)N1CCN(C(C)C(=O)N2CCCC2)CC1. The van der Waals surface area contributed by atoms with Crippen LogP contribution in [-0.4, -0.2) is 78.9 Å². The van der Waals surface area contributed by atoms with Gasteiger partial charge >= 0.3 is 0 Å². The Morgan fingerprint density at radius 2 is 1.75 bits per heavy atom. The third kappa shape index (κ3) is 4.85. The van der Waals surface area contributed by atoms with Crippen molar-refractivity contribution in [3.8, 4) is 0 Å². The van der Waals surface area contributed by atoms with E-state index in [4.69, 9.17) is 0 Å². The zero-order chi connectivity index (χ0) is 20.1. The molecule has 1 atom stereocenters. The van der Waals surface area contributed by atoms with Crippen LogP contribution >= 0.6 is 0 Å². The molecule has 6 heteroatoms. The summed E-state index contributed by atoms with van der Waals surface area (Å²) in [5, 5.41) is 3.51. The van der Waals surface area contributed by atoms with Crippen molar-refractivity contribution in [3.05, 3.63) is 34.9 Å². The van der Waals surface area contributed by atoms with E-state index in [-0.39, 0.29) is 6.04 Å². The number of hydrogen-bond acceptors (Lipinski definition) is 3. The van der Waals surface area contributed by atoms with Crippen LogP contribution < -0.4 is 5.32 Å². The highest BCUT2D eigenvalue weighted by molar-refractivity contribution is 5.82. The lowest BCUT2D eigenvalue weighted by molar-refractivity contribution is -0.135. The highest BCUT2D eigenvalue weighted by Crippen LogP contribution is 2.14. The van der Waals surface area contributed by atoms with Crippen molar-refractivity contribution in [2.45, 2.75) is 46.2 Å². The van der Waals surface area contributed by atoms with Gasteiger partial charge in [0.2, 0.25) is 5.91 Å². The number of likely N-dealkylation sites (tertiary alicyclic amines) is 1. The monoisotopic (exact) mass is 385 g/mol. The Kier molecular flexibility index (Phi) is 6.94. The molecule has 2 fully saturated rings. The summed E-state index contributed by atoms with van der Waals surface area (Å²) in [6.07, 6.45) is 2.30. The maximum Gasteiger partial charge on any atom is 0.239 e. The molecule has 2 aliphatic rings. The fraction of sp³-hybridized carbons (Fsp3) is 0.636. The molecule has 1 aromatic carbocycles. The van der Waals surface area contributed by atoms with Crippen molar-refractivity contribution in [1.29, 1.82) is 0 Å². The number of amides is 1. The maximum atomic E-state index is 12.7. The number of carbonyl (C=O) groups is 1. The van der Waals surface area contributed by atoms with Crippen LogP contribution in [0.15, 0.2) is 23.2 Å². The Labute approximate surface area is 169 Å². The fourth-order valence-electron chi connectivity index (χ4n) is 4.23. The van der Waals surface area contributed by atoms with E-state index in [9.17, 15) is 4.79 Å². The summed E-state index contributed by atoms with van der Waals surface area (Å²) in [5.74, 6) is 1.24. The first-order valence-corrected chi connectivity index (χ1v) is 10.5.